The fourth-order valence-electron chi connectivity index (χ4n) is 9.74. The Morgan fingerprint density at radius 2 is 1.22 bits per heavy atom. The highest BCUT2D eigenvalue weighted by molar-refractivity contribution is 6.30. The van der Waals surface area contributed by atoms with E-state index >= 15 is 0 Å². The Balaban J connectivity index is 0.000000172. The third-order valence-electron chi connectivity index (χ3n) is 13.3. The number of benzene rings is 7. The minimum Gasteiger partial charge on any atom is -0.507 e. The number of halogens is 3. The SMILES string of the molecule is O=C(C=C1CCN(C(=O)c2ccc(Cl)cc2O)CC1)NC1CCN(Cc2ccc3cc(F)ccc3c2)C1.O=C(c1ccccc1-c1ccccc1)C1CCN(Cc2ccc3cc(F)ccc3c2)C1. The molecule has 3 aliphatic heterocycles. The number of carbonyl (C=O) groups excluding carboxylic acids is 3. The van der Waals surface area contributed by atoms with E-state index in [1.54, 1.807) is 35.2 Å². The van der Waals surface area contributed by atoms with E-state index in [1.807, 2.05) is 66.7 Å². The van der Waals surface area contributed by atoms with Crippen molar-refractivity contribution in [2.24, 2.45) is 5.92 Å². The van der Waals surface area contributed by atoms with Crippen LogP contribution in [0.2, 0.25) is 5.02 Å². The summed E-state index contributed by atoms with van der Waals surface area (Å²) in [6, 6.07) is 44.6. The van der Waals surface area contributed by atoms with Gasteiger partial charge in [-0.1, -0.05) is 108 Å². The van der Waals surface area contributed by atoms with Gasteiger partial charge in [-0.05, 0) is 131 Å². The molecule has 2 N–H and O–H groups in total. The highest BCUT2D eigenvalue weighted by Crippen LogP contribution is 2.31. The molecule has 10 rings (SSSR count). The molecule has 346 valence electrons. The van der Waals surface area contributed by atoms with Gasteiger partial charge in [-0.25, -0.2) is 8.78 Å². The molecular formula is C57H53ClF2N4O4. The molecule has 3 aliphatic rings. The Labute approximate surface area is 400 Å². The number of rotatable bonds is 10. The molecule has 0 saturated carbocycles. The summed E-state index contributed by atoms with van der Waals surface area (Å²) in [6.07, 6.45) is 4.68. The quantitative estimate of drug-likeness (QED) is 0.105. The summed E-state index contributed by atoms with van der Waals surface area (Å²) < 4.78 is 26.8. The lowest BCUT2D eigenvalue weighted by molar-refractivity contribution is -0.117. The van der Waals surface area contributed by atoms with E-state index < -0.39 is 0 Å². The van der Waals surface area contributed by atoms with Gasteiger partial charge in [0.05, 0.1) is 5.56 Å². The molecule has 0 bridgehead atoms. The zero-order valence-electron chi connectivity index (χ0n) is 37.7. The zero-order valence-corrected chi connectivity index (χ0v) is 38.5. The van der Waals surface area contributed by atoms with Gasteiger partial charge in [0.15, 0.2) is 5.78 Å². The number of piperidine rings is 1. The van der Waals surface area contributed by atoms with Gasteiger partial charge in [0.2, 0.25) is 5.91 Å². The lowest BCUT2D eigenvalue weighted by Crippen LogP contribution is -2.38. The lowest BCUT2D eigenvalue weighted by Gasteiger charge is -2.28. The van der Waals surface area contributed by atoms with Crippen LogP contribution in [0.4, 0.5) is 8.78 Å². The third-order valence-corrected chi connectivity index (χ3v) is 13.5. The number of aromatic hydroxyl groups is 1. The molecule has 11 heteroatoms. The second-order valence-corrected chi connectivity index (χ2v) is 18.6. The van der Waals surface area contributed by atoms with Gasteiger partial charge in [0, 0.05) is 74.4 Å². The molecule has 3 heterocycles. The molecule has 2 amide bonds. The number of nitrogens with zero attached hydrogens (tertiary/aromatic N) is 3. The van der Waals surface area contributed by atoms with Gasteiger partial charge in [0.25, 0.3) is 5.91 Å². The van der Waals surface area contributed by atoms with E-state index in [0.717, 1.165) is 95.9 Å². The largest absolute Gasteiger partial charge is 0.507 e. The number of phenolic OH excluding ortho intramolecular Hbond substituents is 1. The summed E-state index contributed by atoms with van der Waals surface area (Å²) in [4.78, 5) is 45.1. The molecule has 7 aromatic carbocycles. The molecule has 0 aromatic heterocycles. The summed E-state index contributed by atoms with van der Waals surface area (Å²) >= 11 is 5.86. The number of fused-ring (bicyclic) bond motifs is 2. The topological polar surface area (TPSA) is 93.2 Å². The molecule has 0 spiro atoms. The van der Waals surface area contributed by atoms with Gasteiger partial charge in [0.1, 0.15) is 17.4 Å². The summed E-state index contributed by atoms with van der Waals surface area (Å²) in [7, 11) is 0. The average Bonchev–Trinajstić information content (AvgIpc) is 4.01. The Hall–Kier alpha value is -6.72. The lowest BCUT2D eigenvalue weighted by atomic mass is 9.90. The average molecular weight is 932 g/mol. The summed E-state index contributed by atoms with van der Waals surface area (Å²) in [5.74, 6) is -0.648. The van der Waals surface area contributed by atoms with E-state index in [1.165, 1.54) is 35.4 Å². The van der Waals surface area contributed by atoms with Crippen LogP contribution in [0.15, 0.2) is 157 Å². The predicted octanol–water partition coefficient (Wildman–Crippen LogP) is 11.2. The molecule has 0 aliphatic carbocycles. The van der Waals surface area contributed by atoms with E-state index in [2.05, 4.69) is 45.4 Å². The first kappa shape index (κ1) is 46.4. The number of hydrogen-bond acceptors (Lipinski definition) is 6. The number of Topliss-reactive ketones (excluding diaryl/α,β-unsaturated/α-hetero) is 1. The maximum absolute atomic E-state index is 13.4. The highest BCUT2D eigenvalue weighted by Gasteiger charge is 2.30. The minimum atomic E-state index is -0.234. The van der Waals surface area contributed by atoms with Crippen LogP contribution in [0.25, 0.3) is 32.7 Å². The maximum atomic E-state index is 13.4. The van der Waals surface area contributed by atoms with E-state index in [-0.39, 0.29) is 52.5 Å². The van der Waals surface area contributed by atoms with Crippen molar-refractivity contribution in [2.45, 2.75) is 44.8 Å². The molecule has 2 unspecified atom stereocenters. The number of nitrogens with one attached hydrogen (secondary N) is 1. The second-order valence-electron chi connectivity index (χ2n) is 18.1. The van der Waals surface area contributed by atoms with Crippen molar-refractivity contribution in [1.82, 2.24) is 20.0 Å². The summed E-state index contributed by atoms with van der Waals surface area (Å²) in [6.45, 7) is 5.94. The normalized spacial score (nSPS) is 17.5. The Bertz CT molecular complexity index is 3010. The van der Waals surface area contributed by atoms with Crippen LogP contribution in [0.3, 0.4) is 0 Å². The van der Waals surface area contributed by atoms with Gasteiger partial charge >= 0.3 is 0 Å². The van der Waals surface area contributed by atoms with Crippen molar-refractivity contribution < 1.29 is 28.3 Å². The van der Waals surface area contributed by atoms with Crippen molar-refractivity contribution in [3.63, 3.8) is 0 Å². The number of phenols is 1. The van der Waals surface area contributed by atoms with Crippen LogP contribution in [0, 0.1) is 17.6 Å². The highest BCUT2D eigenvalue weighted by atomic mass is 35.5. The Kier molecular flexibility index (Phi) is 14.4. The number of likely N-dealkylation sites (tertiary alicyclic amines) is 3. The van der Waals surface area contributed by atoms with Gasteiger partial charge in [-0.3, -0.25) is 24.2 Å². The van der Waals surface area contributed by atoms with Crippen LogP contribution in [0.5, 0.6) is 5.75 Å². The van der Waals surface area contributed by atoms with Crippen LogP contribution in [-0.4, -0.2) is 82.7 Å². The maximum Gasteiger partial charge on any atom is 0.257 e. The standard InChI is InChI=1S/C29H29ClFN3O3.C28H24FNO/c30-23-4-6-26(27(35)16-23)29(37)34-11-7-19(8-12-34)14-28(36)32-25-9-10-33(18-25)17-20-1-2-22-15-24(31)5-3-21(22)13-20;29-25-13-12-22-16-20(10-11-23(22)17-25)18-30-15-14-24(19-30)28(31)27-9-5-4-8-26(27)21-6-2-1-3-7-21/h1-6,13-16,25,35H,7-12,17-18H2,(H,32,36);1-13,16-17,24H,14-15,18-19H2. The summed E-state index contributed by atoms with van der Waals surface area (Å²) in [5.41, 5.74) is 6.51. The van der Waals surface area contributed by atoms with Crippen molar-refractivity contribution in [2.75, 3.05) is 39.3 Å². The molecular weight excluding hydrogens is 878 g/mol. The Morgan fingerprint density at radius 3 is 1.88 bits per heavy atom. The van der Waals surface area contributed by atoms with Crippen molar-refractivity contribution in [3.05, 3.63) is 196 Å². The third kappa shape index (κ3) is 11.3. The second kappa shape index (κ2) is 21.1. The molecule has 0 radical (unpaired) electrons. The van der Waals surface area contributed by atoms with Gasteiger partial charge in [-0.15, -0.1) is 0 Å². The first-order valence-electron chi connectivity index (χ1n) is 23.3. The number of ketones is 1. The van der Waals surface area contributed by atoms with Gasteiger partial charge in [-0.2, -0.15) is 0 Å². The van der Waals surface area contributed by atoms with Crippen molar-refractivity contribution >= 4 is 50.7 Å². The number of amides is 2. The smallest absolute Gasteiger partial charge is 0.257 e. The molecule has 68 heavy (non-hydrogen) atoms. The molecule has 7 aromatic rings. The molecule has 3 saturated heterocycles. The van der Waals surface area contributed by atoms with Crippen molar-refractivity contribution in [1.29, 1.82) is 0 Å². The number of hydrogen-bond donors (Lipinski definition) is 2. The van der Waals surface area contributed by atoms with Crippen LogP contribution < -0.4 is 5.32 Å². The predicted molar refractivity (Wildman–Crippen MR) is 266 cm³/mol. The van der Waals surface area contributed by atoms with Crippen molar-refractivity contribution in [3.8, 4) is 16.9 Å². The van der Waals surface area contributed by atoms with Crippen LogP contribution in [0.1, 0.15) is 57.5 Å². The fourth-order valence-corrected chi connectivity index (χ4v) is 9.91. The minimum absolute atomic E-state index is 0.0133. The number of carbonyl (C=O) groups is 3. The van der Waals surface area contributed by atoms with E-state index in [4.69, 9.17) is 11.6 Å². The first-order valence-corrected chi connectivity index (χ1v) is 23.7. The fraction of sp³-hybridized carbons (Fsp3) is 0.246. The zero-order chi connectivity index (χ0) is 47.1. The van der Waals surface area contributed by atoms with E-state index in [0.29, 0.717) is 31.0 Å². The summed E-state index contributed by atoms with van der Waals surface area (Å²) in [5, 5.41) is 17.4. The van der Waals surface area contributed by atoms with Crippen LogP contribution >= 0.6 is 11.6 Å². The van der Waals surface area contributed by atoms with Crippen LogP contribution in [-0.2, 0) is 17.9 Å². The molecule has 8 nitrogen and oxygen atoms in total. The molecule has 3 fully saturated rings. The van der Waals surface area contributed by atoms with Gasteiger partial charge < -0.3 is 15.3 Å². The first-order chi connectivity index (χ1) is 33.0. The Morgan fingerprint density at radius 1 is 0.632 bits per heavy atom. The monoisotopic (exact) mass is 930 g/mol. The molecule has 2 atom stereocenters. The van der Waals surface area contributed by atoms with E-state index in [9.17, 15) is 28.3 Å².